The maximum atomic E-state index is 11.3. The van der Waals surface area contributed by atoms with Gasteiger partial charge in [-0.2, -0.15) is 0 Å². The van der Waals surface area contributed by atoms with Crippen LogP contribution in [0.4, 0.5) is 0 Å². The van der Waals surface area contributed by atoms with Crippen LogP contribution < -0.4 is 0 Å². The molecular formula is C11H16Cl2O4. The lowest BCUT2D eigenvalue weighted by Gasteiger charge is -2.10. The Morgan fingerprint density at radius 2 is 1.88 bits per heavy atom. The molecule has 6 heteroatoms. The van der Waals surface area contributed by atoms with Gasteiger partial charge in [-0.25, -0.2) is 0 Å². The maximum Gasteiger partial charge on any atom is 0.306 e. The Labute approximate surface area is 111 Å². The number of ether oxygens (including phenoxy) is 2. The van der Waals surface area contributed by atoms with Gasteiger partial charge in [0.2, 0.25) is 0 Å². The molecule has 4 nitrogen and oxygen atoms in total. The van der Waals surface area contributed by atoms with E-state index in [4.69, 9.17) is 27.9 Å². The Balaban J connectivity index is 3.69. The Morgan fingerprint density at radius 3 is 2.41 bits per heavy atom. The molecule has 0 amide bonds. The van der Waals surface area contributed by atoms with Gasteiger partial charge in [0.1, 0.15) is 17.5 Å². The predicted molar refractivity (Wildman–Crippen MR) is 66.1 cm³/mol. The van der Waals surface area contributed by atoms with Crippen molar-refractivity contribution >= 4 is 35.1 Å². The average Bonchev–Trinajstić information content (AvgIpc) is 2.23. The summed E-state index contributed by atoms with van der Waals surface area (Å²) in [5, 5.41) is 0. The van der Waals surface area contributed by atoms with Crippen LogP contribution in [-0.2, 0) is 19.1 Å². The molecule has 0 aromatic heterocycles. The van der Waals surface area contributed by atoms with Crippen molar-refractivity contribution in [3.05, 3.63) is 12.7 Å². The summed E-state index contributed by atoms with van der Waals surface area (Å²) >= 11 is 10.8. The Kier molecular flexibility index (Phi) is 8.90. The van der Waals surface area contributed by atoms with Crippen LogP contribution in [0.3, 0.4) is 0 Å². The molecule has 0 spiro atoms. The standard InChI is InChI=1S/C11H16Cl2O4/c1-3-4-8(2)17-11(15)6-5-10(14)16-7-9(12)13/h3,8-9H,1,4-7H2,2H3. The first-order chi connectivity index (χ1) is 7.95. The first-order valence-corrected chi connectivity index (χ1v) is 6.07. The fraction of sp³-hybridized carbons (Fsp3) is 0.636. The third kappa shape index (κ3) is 10.1. The van der Waals surface area contributed by atoms with Crippen LogP contribution in [0.1, 0.15) is 26.2 Å². The number of hydrogen-bond acceptors (Lipinski definition) is 4. The van der Waals surface area contributed by atoms with E-state index >= 15 is 0 Å². The zero-order chi connectivity index (χ0) is 13.3. The van der Waals surface area contributed by atoms with Crippen molar-refractivity contribution < 1.29 is 19.1 Å². The number of halogens is 2. The molecule has 0 N–H and O–H groups in total. The van der Waals surface area contributed by atoms with Gasteiger partial charge in [0.15, 0.2) is 0 Å². The van der Waals surface area contributed by atoms with E-state index in [1.807, 2.05) is 0 Å². The Morgan fingerprint density at radius 1 is 1.29 bits per heavy atom. The van der Waals surface area contributed by atoms with E-state index in [0.29, 0.717) is 6.42 Å². The lowest BCUT2D eigenvalue weighted by Crippen LogP contribution is -2.16. The van der Waals surface area contributed by atoms with E-state index in [9.17, 15) is 9.59 Å². The monoisotopic (exact) mass is 282 g/mol. The summed E-state index contributed by atoms with van der Waals surface area (Å²) in [4.78, 5) is 21.6. The molecule has 0 aromatic carbocycles. The van der Waals surface area contributed by atoms with Crippen molar-refractivity contribution in [1.29, 1.82) is 0 Å². The molecule has 17 heavy (non-hydrogen) atoms. The van der Waals surface area contributed by atoms with Gasteiger partial charge in [-0.15, -0.1) is 29.8 Å². The van der Waals surface area contributed by atoms with Crippen LogP contribution >= 0.6 is 23.2 Å². The first-order valence-electron chi connectivity index (χ1n) is 5.19. The van der Waals surface area contributed by atoms with Crippen LogP contribution in [0.5, 0.6) is 0 Å². The largest absolute Gasteiger partial charge is 0.463 e. The summed E-state index contributed by atoms with van der Waals surface area (Å²) in [6.07, 6.45) is 1.95. The fourth-order valence-electron chi connectivity index (χ4n) is 0.998. The smallest absolute Gasteiger partial charge is 0.306 e. The second-order valence-electron chi connectivity index (χ2n) is 3.40. The van der Waals surface area contributed by atoms with Crippen molar-refractivity contribution in [2.45, 2.75) is 37.1 Å². The zero-order valence-corrected chi connectivity index (χ0v) is 11.2. The first kappa shape index (κ1) is 16.3. The van der Waals surface area contributed by atoms with Crippen LogP contribution in [0.15, 0.2) is 12.7 Å². The van der Waals surface area contributed by atoms with Crippen LogP contribution in [0, 0.1) is 0 Å². The number of rotatable bonds is 8. The number of carbonyl (C=O) groups is 2. The molecule has 0 radical (unpaired) electrons. The SMILES string of the molecule is C=CCC(C)OC(=O)CCC(=O)OCC(Cl)Cl. The van der Waals surface area contributed by atoms with Gasteiger partial charge in [-0.05, 0) is 6.92 Å². The Hall–Kier alpha value is -0.740. The van der Waals surface area contributed by atoms with Crippen molar-refractivity contribution in [2.24, 2.45) is 0 Å². The number of hydrogen-bond donors (Lipinski definition) is 0. The molecule has 98 valence electrons. The van der Waals surface area contributed by atoms with Gasteiger partial charge in [0, 0.05) is 6.42 Å². The molecule has 0 aliphatic carbocycles. The van der Waals surface area contributed by atoms with Gasteiger partial charge in [-0.3, -0.25) is 9.59 Å². The van der Waals surface area contributed by atoms with E-state index in [0.717, 1.165) is 0 Å². The molecule has 0 saturated heterocycles. The highest BCUT2D eigenvalue weighted by Crippen LogP contribution is 2.05. The van der Waals surface area contributed by atoms with Crippen LogP contribution in [0.2, 0.25) is 0 Å². The van der Waals surface area contributed by atoms with Crippen molar-refractivity contribution in [3.8, 4) is 0 Å². The van der Waals surface area contributed by atoms with E-state index in [1.165, 1.54) is 0 Å². The van der Waals surface area contributed by atoms with Crippen LogP contribution in [-0.4, -0.2) is 29.5 Å². The molecule has 0 rings (SSSR count). The second-order valence-corrected chi connectivity index (χ2v) is 4.68. The Bertz CT molecular complexity index is 266. The van der Waals surface area contributed by atoms with Crippen molar-refractivity contribution in [2.75, 3.05) is 6.61 Å². The molecule has 0 aromatic rings. The third-order valence-corrected chi connectivity index (χ3v) is 1.99. The summed E-state index contributed by atoms with van der Waals surface area (Å²) in [5.41, 5.74) is 0. The molecule has 0 bridgehead atoms. The van der Waals surface area contributed by atoms with Gasteiger partial charge in [-0.1, -0.05) is 6.08 Å². The minimum atomic E-state index is -0.751. The zero-order valence-electron chi connectivity index (χ0n) is 9.66. The van der Waals surface area contributed by atoms with E-state index in [2.05, 4.69) is 11.3 Å². The maximum absolute atomic E-state index is 11.3. The summed E-state index contributed by atoms with van der Waals surface area (Å²) in [5.74, 6) is -0.964. The van der Waals surface area contributed by atoms with Crippen LogP contribution in [0.25, 0.3) is 0 Å². The highest BCUT2D eigenvalue weighted by atomic mass is 35.5. The lowest BCUT2D eigenvalue weighted by molar-refractivity contribution is -0.152. The van der Waals surface area contributed by atoms with Gasteiger partial charge in [0.05, 0.1) is 12.8 Å². The fourth-order valence-corrected chi connectivity index (χ4v) is 1.12. The summed E-state index contributed by atoms with van der Waals surface area (Å²) in [6, 6.07) is 0. The van der Waals surface area contributed by atoms with E-state index in [-0.39, 0.29) is 25.6 Å². The molecule has 0 aliphatic heterocycles. The molecule has 0 fully saturated rings. The van der Waals surface area contributed by atoms with Crippen molar-refractivity contribution in [3.63, 3.8) is 0 Å². The molecular weight excluding hydrogens is 267 g/mol. The molecule has 1 atom stereocenters. The molecule has 1 unspecified atom stereocenters. The average molecular weight is 283 g/mol. The minimum Gasteiger partial charge on any atom is -0.463 e. The van der Waals surface area contributed by atoms with E-state index in [1.54, 1.807) is 13.0 Å². The molecule has 0 heterocycles. The predicted octanol–water partition coefficient (Wildman–Crippen LogP) is 2.62. The molecule has 0 aliphatic rings. The highest BCUT2D eigenvalue weighted by molar-refractivity contribution is 6.44. The quantitative estimate of drug-likeness (QED) is 0.390. The number of alkyl halides is 2. The summed E-state index contributed by atoms with van der Waals surface area (Å²) in [6.45, 7) is 5.21. The van der Waals surface area contributed by atoms with Gasteiger partial charge < -0.3 is 9.47 Å². The number of esters is 2. The van der Waals surface area contributed by atoms with Gasteiger partial charge in [0.25, 0.3) is 0 Å². The van der Waals surface area contributed by atoms with Crippen molar-refractivity contribution in [1.82, 2.24) is 0 Å². The normalized spacial score (nSPS) is 12.0. The summed E-state index contributed by atoms with van der Waals surface area (Å²) in [7, 11) is 0. The lowest BCUT2D eigenvalue weighted by atomic mass is 10.3. The highest BCUT2D eigenvalue weighted by Gasteiger charge is 2.12. The second kappa shape index (κ2) is 9.31. The third-order valence-electron chi connectivity index (χ3n) is 1.73. The molecule has 0 saturated carbocycles. The topological polar surface area (TPSA) is 52.6 Å². The minimum absolute atomic E-state index is 0.0183. The van der Waals surface area contributed by atoms with Gasteiger partial charge >= 0.3 is 11.9 Å². The number of carbonyl (C=O) groups excluding carboxylic acids is 2. The summed E-state index contributed by atoms with van der Waals surface area (Å²) < 4.78 is 9.68. The van der Waals surface area contributed by atoms with E-state index < -0.39 is 16.8 Å².